The molecule has 4 heteroatoms. The molecule has 0 saturated carbocycles. The summed E-state index contributed by atoms with van der Waals surface area (Å²) >= 11 is 5.52. The normalized spacial score (nSPS) is 10.0. The third kappa shape index (κ3) is 0.936. The van der Waals surface area contributed by atoms with E-state index in [1.54, 1.807) is 18.2 Å². The minimum absolute atomic E-state index is 0.0627. The van der Waals surface area contributed by atoms with Crippen molar-refractivity contribution in [1.29, 1.82) is 5.26 Å². The number of rotatable bonds is 0. The molecule has 0 aliphatic heterocycles. The van der Waals surface area contributed by atoms with Crippen LogP contribution in [0, 0.1) is 11.3 Å². The van der Waals surface area contributed by atoms with Gasteiger partial charge in [-0.05, 0) is 23.7 Å². The molecule has 1 aromatic heterocycles. The van der Waals surface area contributed by atoms with Crippen molar-refractivity contribution in [2.45, 2.75) is 0 Å². The molecule has 0 radical (unpaired) electrons. The van der Waals surface area contributed by atoms with Crippen LogP contribution in [0.25, 0.3) is 11.1 Å². The van der Waals surface area contributed by atoms with E-state index in [-0.39, 0.29) is 5.35 Å². The summed E-state index contributed by atoms with van der Waals surface area (Å²) in [5.41, 5.74) is 1.51. The third-order valence-electron chi connectivity index (χ3n) is 1.51. The zero-order valence-corrected chi connectivity index (χ0v) is 6.67. The van der Waals surface area contributed by atoms with Gasteiger partial charge in [0, 0.05) is 0 Å². The molecule has 0 aliphatic rings. The summed E-state index contributed by atoms with van der Waals surface area (Å²) in [6, 6.07) is 7.12. The number of nitrogens with zero attached hydrogens (tertiary/aromatic N) is 2. The Labute approximate surface area is 73.2 Å². The lowest BCUT2D eigenvalue weighted by molar-refractivity contribution is 0.603. The van der Waals surface area contributed by atoms with Gasteiger partial charge in [0.1, 0.15) is 11.6 Å². The van der Waals surface area contributed by atoms with Gasteiger partial charge in [-0.25, -0.2) is 0 Å². The first-order valence-electron chi connectivity index (χ1n) is 3.26. The van der Waals surface area contributed by atoms with Crippen molar-refractivity contribution < 1.29 is 4.42 Å². The maximum Gasteiger partial charge on any atom is 0.293 e. The first-order valence-corrected chi connectivity index (χ1v) is 3.64. The van der Waals surface area contributed by atoms with E-state index in [2.05, 4.69) is 4.98 Å². The number of nitriles is 1. The van der Waals surface area contributed by atoms with Gasteiger partial charge in [0.15, 0.2) is 5.58 Å². The van der Waals surface area contributed by atoms with E-state index in [9.17, 15) is 0 Å². The van der Waals surface area contributed by atoms with Gasteiger partial charge in [0.05, 0.1) is 5.56 Å². The van der Waals surface area contributed by atoms with Gasteiger partial charge in [-0.15, -0.1) is 0 Å². The fraction of sp³-hybridized carbons (Fsp3) is 0. The van der Waals surface area contributed by atoms with Gasteiger partial charge >= 0.3 is 0 Å². The maximum atomic E-state index is 8.66. The second-order valence-corrected chi connectivity index (χ2v) is 2.56. The molecule has 1 aromatic carbocycles. The van der Waals surface area contributed by atoms with Gasteiger partial charge in [-0.1, -0.05) is 6.07 Å². The van der Waals surface area contributed by atoms with E-state index < -0.39 is 0 Å². The van der Waals surface area contributed by atoms with Crippen LogP contribution in [-0.4, -0.2) is 4.98 Å². The molecule has 12 heavy (non-hydrogen) atoms. The molecule has 58 valence electrons. The van der Waals surface area contributed by atoms with Gasteiger partial charge < -0.3 is 4.42 Å². The topological polar surface area (TPSA) is 49.8 Å². The molecule has 0 saturated heterocycles. The smallest absolute Gasteiger partial charge is 0.293 e. The van der Waals surface area contributed by atoms with Gasteiger partial charge in [-0.2, -0.15) is 10.2 Å². The first kappa shape index (κ1) is 7.14. The summed E-state index contributed by atoms with van der Waals surface area (Å²) in [6.07, 6.45) is 0. The molecule has 0 aliphatic carbocycles. The monoisotopic (exact) mass is 178 g/mol. The molecule has 0 fully saturated rings. The number of hydrogen-bond donors (Lipinski definition) is 0. The van der Waals surface area contributed by atoms with Crippen molar-refractivity contribution in [3.63, 3.8) is 0 Å². The summed E-state index contributed by atoms with van der Waals surface area (Å²) in [5.74, 6) is 0. The van der Waals surface area contributed by atoms with E-state index >= 15 is 0 Å². The highest BCUT2D eigenvalue weighted by Crippen LogP contribution is 2.21. The Kier molecular flexibility index (Phi) is 1.49. The fourth-order valence-corrected chi connectivity index (χ4v) is 1.18. The molecular formula is C8H3ClN2O. The van der Waals surface area contributed by atoms with E-state index in [0.29, 0.717) is 16.7 Å². The van der Waals surface area contributed by atoms with E-state index in [0.717, 1.165) is 0 Å². The van der Waals surface area contributed by atoms with Gasteiger partial charge in [0.2, 0.25) is 0 Å². The van der Waals surface area contributed by atoms with Crippen molar-refractivity contribution in [2.75, 3.05) is 0 Å². The SMILES string of the molecule is N#Cc1cccc2nc(Cl)oc12. The van der Waals surface area contributed by atoms with Crippen LogP contribution in [0.15, 0.2) is 22.6 Å². The zero-order valence-electron chi connectivity index (χ0n) is 5.91. The van der Waals surface area contributed by atoms with Crippen LogP contribution in [0.4, 0.5) is 0 Å². The Balaban J connectivity index is 2.89. The molecule has 0 bridgehead atoms. The molecule has 3 nitrogen and oxygen atoms in total. The average Bonchev–Trinajstić information content (AvgIpc) is 2.44. The van der Waals surface area contributed by atoms with Crippen LogP contribution in [0.3, 0.4) is 0 Å². The van der Waals surface area contributed by atoms with Crippen molar-refractivity contribution in [2.24, 2.45) is 0 Å². The standard InChI is InChI=1S/C8H3ClN2O/c9-8-11-6-3-1-2-5(4-10)7(6)12-8/h1-3H. The van der Waals surface area contributed by atoms with E-state index in [1.165, 1.54) is 0 Å². The van der Waals surface area contributed by atoms with Crippen LogP contribution >= 0.6 is 11.6 Å². The Morgan fingerprint density at radius 1 is 1.50 bits per heavy atom. The fourth-order valence-electron chi connectivity index (χ4n) is 1.01. The Hall–Kier alpha value is -1.53. The largest absolute Gasteiger partial charge is 0.426 e. The number of hydrogen-bond acceptors (Lipinski definition) is 3. The van der Waals surface area contributed by atoms with E-state index in [1.807, 2.05) is 6.07 Å². The number of oxazole rings is 1. The average molecular weight is 179 g/mol. The van der Waals surface area contributed by atoms with Crippen molar-refractivity contribution in [3.8, 4) is 6.07 Å². The van der Waals surface area contributed by atoms with Crippen LogP contribution in [0.2, 0.25) is 5.35 Å². The molecule has 2 aromatic rings. The van der Waals surface area contributed by atoms with Crippen LogP contribution < -0.4 is 0 Å². The highest BCUT2D eigenvalue weighted by atomic mass is 35.5. The maximum absolute atomic E-state index is 8.66. The van der Waals surface area contributed by atoms with Crippen molar-refractivity contribution in [1.82, 2.24) is 4.98 Å². The molecule has 2 rings (SSSR count). The van der Waals surface area contributed by atoms with E-state index in [4.69, 9.17) is 21.3 Å². The second kappa shape index (κ2) is 2.50. The number of halogens is 1. The van der Waals surface area contributed by atoms with Crippen LogP contribution in [-0.2, 0) is 0 Å². The van der Waals surface area contributed by atoms with Crippen LogP contribution in [0.5, 0.6) is 0 Å². The highest BCUT2D eigenvalue weighted by molar-refractivity contribution is 6.28. The second-order valence-electron chi connectivity index (χ2n) is 2.23. The lowest BCUT2D eigenvalue weighted by atomic mass is 10.2. The molecule has 0 unspecified atom stereocenters. The predicted molar refractivity (Wildman–Crippen MR) is 43.7 cm³/mol. The molecule has 0 N–H and O–H groups in total. The molecule has 0 amide bonds. The number of aromatic nitrogens is 1. The van der Waals surface area contributed by atoms with Crippen LogP contribution in [0.1, 0.15) is 5.56 Å². The molecule has 0 atom stereocenters. The predicted octanol–water partition coefficient (Wildman–Crippen LogP) is 2.35. The summed E-state index contributed by atoms with van der Waals surface area (Å²) < 4.78 is 5.02. The summed E-state index contributed by atoms with van der Waals surface area (Å²) in [7, 11) is 0. The minimum atomic E-state index is 0.0627. The molecular weight excluding hydrogens is 176 g/mol. The zero-order chi connectivity index (χ0) is 8.55. The van der Waals surface area contributed by atoms with Crippen molar-refractivity contribution >= 4 is 22.7 Å². The summed E-state index contributed by atoms with van der Waals surface area (Å²) in [4.78, 5) is 3.87. The Bertz CT molecular complexity index is 469. The highest BCUT2D eigenvalue weighted by Gasteiger charge is 2.06. The number of para-hydroxylation sites is 1. The first-order chi connectivity index (χ1) is 5.81. The Morgan fingerprint density at radius 3 is 3.08 bits per heavy atom. The van der Waals surface area contributed by atoms with Gasteiger partial charge in [0.25, 0.3) is 5.35 Å². The summed E-state index contributed by atoms with van der Waals surface area (Å²) in [6.45, 7) is 0. The quantitative estimate of drug-likeness (QED) is 0.622. The van der Waals surface area contributed by atoms with Crippen molar-refractivity contribution in [3.05, 3.63) is 29.1 Å². The number of benzene rings is 1. The lowest BCUT2D eigenvalue weighted by Crippen LogP contribution is -1.73. The third-order valence-corrected chi connectivity index (χ3v) is 1.67. The minimum Gasteiger partial charge on any atom is -0.426 e. The molecule has 1 heterocycles. The Morgan fingerprint density at radius 2 is 2.33 bits per heavy atom. The molecule has 0 spiro atoms. The van der Waals surface area contributed by atoms with Gasteiger partial charge in [-0.3, -0.25) is 0 Å². The number of fused-ring (bicyclic) bond motifs is 1. The summed E-state index contributed by atoms with van der Waals surface area (Å²) in [5, 5.41) is 8.73. The lowest BCUT2D eigenvalue weighted by Gasteiger charge is -1.86.